The van der Waals surface area contributed by atoms with E-state index in [0.29, 0.717) is 31.6 Å². The number of benzene rings is 1. The first-order valence-corrected chi connectivity index (χ1v) is 9.67. The summed E-state index contributed by atoms with van der Waals surface area (Å²) in [5.41, 5.74) is 1.40. The van der Waals surface area contributed by atoms with Gasteiger partial charge in [-0.25, -0.2) is 9.78 Å². The topological polar surface area (TPSA) is 72.0 Å². The number of fused-ring (bicyclic) bond motifs is 1. The fourth-order valence-electron chi connectivity index (χ4n) is 2.51. The van der Waals surface area contributed by atoms with E-state index in [1.165, 1.54) is 17.4 Å². The lowest BCUT2D eigenvalue weighted by Gasteiger charge is -2.11. The quantitative estimate of drug-likeness (QED) is 0.461. The first-order valence-electron chi connectivity index (χ1n) is 8.10. The van der Waals surface area contributed by atoms with Gasteiger partial charge < -0.3 is 9.72 Å². The number of nitrogens with one attached hydrogen (secondary N) is 1. The number of aromatic nitrogens is 2. The first-order chi connectivity index (χ1) is 12.8. The number of carbonyl (C=O) groups is 1. The van der Waals surface area contributed by atoms with Crippen molar-refractivity contribution in [2.24, 2.45) is 0 Å². The zero-order valence-electron chi connectivity index (χ0n) is 14.8. The van der Waals surface area contributed by atoms with Gasteiger partial charge in [-0.3, -0.25) is 4.79 Å². The van der Waals surface area contributed by atoms with Gasteiger partial charge in [-0.05, 0) is 50.1 Å². The van der Waals surface area contributed by atoms with Crippen LogP contribution in [0.1, 0.15) is 34.9 Å². The molecule has 3 rings (SSSR count). The summed E-state index contributed by atoms with van der Waals surface area (Å²) in [6.07, 6.45) is 2.16. The normalized spacial score (nSPS) is 12.6. The Bertz CT molecular complexity index is 1120. The van der Waals surface area contributed by atoms with E-state index in [4.69, 9.17) is 27.9 Å². The number of H-pyrrole nitrogens is 1. The molecular formula is C19H16Cl2N2O3S. The van der Waals surface area contributed by atoms with Gasteiger partial charge in [0, 0.05) is 11.0 Å². The third-order valence-electron chi connectivity index (χ3n) is 4.09. The number of ether oxygens (including phenoxy) is 1. The Morgan fingerprint density at radius 2 is 2.04 bits per heavy atom. The SMILES string of the molecule is Cc1sc2nc(C(C)OC(=O)/C=C/c3ccc(Cl)c(Cl)c3)[nH]c(=O)c2c1C. The molecule has 5 nitrogen and oxygen atoms in total. The Morgan fingerprint density at radius 3 is 2.74 bits per heavy atom. The van der Waals surface area contributed by atoms with Crippen LogP contribution in [0.3, 0.4) is 0 Å². The van der Waals surface area contributed by atoms with Crippen LogP contribution in [-0.2, 0) is 9.53 Å². The summed E-state index contributed by atoms with van der Waals surface area (Å²) in [5.74, 6) is -0.250. The highest BCUT2D eigenvalue weighted by atomic mass is 35.5. The van der Waals surface area contributed by atoms with Crippen molar-refractivity contribution in [3.63, 3.8) is 0 Å². The average molecular weight is 423 g/mol. The van der Waals surface area contributed by atoms with Crippen molar-refractivity contribution in [1.82, 2.24) is 9.97 Å². The Labute approximate surface area is 169 Å². The number of aromatic amines is 1. The van der Waals surface area contributed by atoms with E-state index in [1.54, 1.807) is 31.2 Å². The predicted octanol–water partition coefficient (Wildman–Crippen LogP) is 5.23. The molecule has 2 aromatic heterocycles. The summed E-state index contributed by atoms with van der Waals surface area (Å²) in [6, 6.07) is 5.02. The summed E-state index contributed by atoms with van der Waals surface area (Å²) in [6.45, 7) is 5.49. The molecule has 27 heavy (non-hydrogen) atoms. The first kappa shape index (κ1) is 19.6. The summed E-state index contributed by atoms with van der Waals surface area (Å²) < 4.78 is 5.34. The predicted molar refractivity (Wildman–Crippen MR) is 110 cm³/mol. The zero-order valence-corrected chi connectivity index (χ0v) is 17.1. The van der Waals surface area contributed by atoms with Gasteiger partial charge in [0.1, 0.15) is 4.83 Å². The number of hydrogen-bond donors (Lipinski definition) is 1. The Kier molecular flexibility index (Phi) is 5.69. The van der Waals surface area contributed by atoms with Crippen molar-refractivity contribution >= 4 is 56.8 Å². The van der Waals surface area contributed by atoms with Crippen molar-refractivity contribution in [3.8, 4) is 0 Å². The van der Waals surface area contributed by atoms with Gasteiger partial charge in [-0.2, -0.15) is 0 Å². The van der Waals surface area contributed by atoms with Crippen LogP contribution in [0.2, 0.25) is 10.0 Å². The molecule has 8 heteroatoms. The van der Waals surface area contributed by atoms with E-state index in [1.807, 2.05) is 13.8 Å². The van der Waals surface area contributed by atoms with Gasteiger partial charge in [0.15, 0.2) is 11.9 Å². The molecule has 0 aliphatic rings. The maximum atomic E-state index is 12.3. The Balaban J connectivity index is 1.76. The fraction of sp³-hybridized carbons (Fsp3) is 0.211. The largest absolute Gasteiger partial charge is 0.451 e. The number of halogens is 2. The lowest BCUT2D eigenvalue weighted by atomic mass is 10.2. The summed E-state index contributed by atoms with van der Waals surface area (Å²) in [4.78, 5) is 33.2. The number of esters is 1. The van der Waals surface area contributed by atoms with Crippen LogP contribution in [0.15, 0.2) is 29.1 Å². The van der Waals surface area contributed by atoms with Crippen LogP contribution < -0.4 is 5.56 Å². The van der Waals surface area contributed by atoms with Gasteiger partial charge in [0.2, 0.25) is 0 Å². The van der Waals surface area contributed by atoms with Gasteiger partial charge in [-0.1, -0.05) is 29.3 Å². The number of carbonyl (C=O) groups excluding carboxylic acids is 1. The van der Waals surface area contributed by atoms with E-state index in [-0.39, 0.29) is 5.56 Å². The van der Waals surface area contributed by atoms with E-state index < -0.39 is 12.1 Å². The molecule has 0 aliphatic carbocycles. The van der Waals surface area contributed by atoms with E-state index in [2.05, 4.69) is 9.97 Å². The minimum absolute atomic E-state index is 0.230. The molecule has 0 amide bonds. The Morgan fingerprint density at radius 1 is 1.30 bits per heavy atom. The molecule has 0 fully saturated rings. The van der Waals surface area contributed by atoms with Crippen LogP contribution in [-0.4, -0.2) is 15.9 Å². The molecule has 0 spiro atoms. The molecule has 140 valence electrons. The lowest BCUT2D eigenvalue weighted by molar-refractivity contribution is -0.142. The third kappa shape index (κ3) is 4.24. The van der Waals surface area contributed by atoms with Gasteiger partial charge in [-0.15, -0.1) is 11.3 Å². The van der Waals surface area contributed by atoms with Crippen LogP contribution in [0.25, 0.3) is 16.3 Å². The number of thiophene rings is 1. The van der Waals surface area contributed by atoms with Gasteiger partial charge in [0.25, 0.3) is 5.56 Å². The van der Waals surface area contributed by atoms with Crippen molar-refractivity contribution in [3.05, 3.63) is 66.5 Å². The maximum Gasteiger partial charge on any atom is 0.331 e. The minimum atomic E-state index is -0.698. The molecule has 3 aromatic rings. The summed E-state index contributed by atoms with van der Waals surface area (Å²) in [5, 5.41) is 1.42. The molecule has 2 heterocycles. The molecule has 1 aromatic carbocycles. The number of hydrogen-bond acceptors (Lipinski definition) is 5. The van der Waals surface area contributed by atoms with Crippen molar-refractivity contribution in [1.29, 1.82) is 0 Å². The van der Waals surface area contributed by atoms with Crippen LogP contribution >= 0.6 is 34.5 Å². The molecule has 0 bridgehead atoms. The van der Waals surface area contributed by atoms with Crippen molar-refractivity contribution in [2.75, 3.05) is 0 Å². The number of rotatable bonds is 4. The number of aryl methyl sites for hydroxylation is 2. The molecule has 1 atom stereocenters. The highest BCUT2D eigenvalue weighted by Gasteiger charge is 2.17. The molecule has 0 saturated carbocycles. The molecule has 1 N–H and O–H groups in total. The average Bonchev–Trinajstić information content (AvgIpc) is 2.90. The summed E-state index contributed by atoms with van der Waals surface area (Å²) >= 11 is 13.3. The molecule has 1 unspecified atom stereocenters. The second-order valence-electron chi connectivity index (χ2n) is 6.00. The molecule has 0 radical (unpaired) electrons. The van der Waals surface area contributed by atoms with Crippen molar-refractivity contribution < 1.29 is 9.53 Å². The van der Waals surface area contributed by atoms with Gasteiger partial charge >= 0.3 is 5.97 Å². The lowest BCUT2D eigenvalue weighted by Crippen LogP contribution is -2.16. The highest BCUT2D eigenvalue weighted by Crippen LogP contribution is 2.27. The molecular weight excluding hydrogens is 407 g/mol. The highest BCUT2D eigenvalue weighted by molar-refractivity contribution is 7.18. The fourth-order valence-corrected chi connectivity index (χ4v) is 3.86. The second-order valence-corrected chi connectivity index (χ2v) is 8.02. The molecule has 0 saturated heterocycles. The summed E-state index contributed by atoms with van der Waals surface area (Å²) in [7, 11) is 0. The minimum Gasteiger partial charge on any atom is -0.451 e. The van der Waals surface area contributed by atoms with Crippen LogP contribution in [0.5, 0.6) is 0 Å². The maximum absolute atomic E-state index is 12.3. The van der Waals surface area contributed by atoms with Crippen molar-refractivity contribution in [2.45, 2.75) is 26.9 Å². The van der Waals surface area contributed by atoms with E-state index in [9.17, 15) is 9.59 Å². The van der Waals surface area contributed by atoms with Crippen LogP contribution in [0.4, 0.5) is 0 Å². The zero-order chi connectivity index (χ0) is 19.7. The standard InChI is InChI=1S/C19H16Cl2N2O3S/c1-9-11(3)27-19-16(9)18(25)22-17(23-19)10(2)26-15(24)7-5-12-4-6-13(20)14(21)8-12/h4-8,10H,1-3H3,(H,22,23,25)/b7-5+. The smallest absolute Gasteiger partial charge is 0.331 e. The van der Waals surface area contributed by atoms with Gasteiger partial charge in [0.05, 0.1) is 15.4 Å². The molecule has 0 aliphatic heterocycles. The van der Waals surface area contributed by atoms with E-state index >= 15 is 0 Å². The monoisotopic (exact) mass is 422 g/mol. The third-order valence-corrected chi connectivity index (χ3v) is 5.93. The number of nitrogens with zero attached hydrogens (tertiary/aromatic N) is 1. The van der Waals surface area contributed by atoms with E-state index in [0.717, 1.165) is 10.4 Å². The van der Waals surface area contributed by atoms with Crippen LogP contribution in [0, 0.1) is 13.8 Å². The second kappa shape index (κ2) is 7.84. The Hall–Kier alpha value is -2.15.